The summed E-state index contributed by atoms with van der Waals surface area (Å²) < 4.78 is 0. The highest BCUT2D eigenvalue weighted by Gasteiger charge is 2.11. The van der Waals surface area contributed by atoms with Gasteiger partial charge in [-0.2, -0.15) is 0 Å². The Labute approximate surface area is 93.0 Å². The molecule has 0 saturated carbocycles. The van der Waals surface area contributed by atoms with Crippen molar-refractivity contribution in [2.75, 3.05) is 20.1 Å². The summed E-state index contributed by atoms with van der Waals surface area (Å²) >= 11 is 0. The zero-order chi connectivity index (χ0) is 11.5. The Morgan fingerprint density at radius 1 is 1.27 bits per heavy atom. The molecule has 4 N–H and O–H groups in total. The van der Waals surface area contributed by atoms with Crippen molar-refractivity contribution in [3.8, 4) is 0 Å². The molecule has 0 aromatic rings. The summed E-state index contributed by atoms with van der Waals surface area (Å²) in [6.45, 7) is 3.81. The van der Waals surface area contributed by atoms with Crippen molar-refractivity contribution in [3.05, 3.63) is 0 Å². The average molecular weight is 215 g/mol. The van der Waals surface area contributed by atoms with Gasteiger partial charge in [0.2, 0.25) is 5.91 Å². The number of carbonyl (C=O) groups excluding carboxylic acids is 1. The third-order valence-corrected chi connectivity index (χ3v) is 2.36. The van der Waals surface area contributed by atoms with Gasteiger partial charge in [-0.05, 0) is 32.9 Å². The summed E-state index contributed by atoms with van der Waals surface area (Å²) in [5, 5.41) is 5.89. The first-order valence-electron chi connectivity index (χ1n) is 5.90. The molecule has 0 bridgehead atoms. The molecule has 0 heterocycles. The molecular weight excluding hydrogens is 190 g/mol. The van der Waals surface area contributed by atoms with Crippen LogP contribution in [0.2, 0.25) is 0 Å². The molecule has 90 valence electrons. The molecule has 0 spiro atoms. The van der Waals surface area contributed by atoms with E-state index in [1.54, 1.807) is 0 Å². The largest absolute Gasteiger partial charge is 0.355 e. The van der Waals surface area contributed by atoms with E-state index in [9.17, 15) is 4.79 Å². The van der Waals surface area contributed by atoms with Gasteiger partial charge in [-0.3, -0.25) is 4.79 Å². The molecule has 0 aliphatic heterocycles. The fraction of sp³-hybridized carbons (Fsp3) is 0.909. The maximum atomic E-state index is 11.4. The molecule has 0 aromatic carbocycles. The summed E-state index contributed by atoms with van der Waals surface area (Å²) in [6.07, 6.45) is 5.07. The van der Waals surface area contributed by atoms with Crippen LogP contribution in [0.4, 0.5) is 0 Å². The quantitative estimate of drug-likeness (QED) is 0.494. The van der Waals surface area contributed by atoms with Crippen molar-refractivity contribution in [2.45, 2.75) is 45.1 Å². The van der Waals surface area contributed by atoms with E-state index in [1.165, 1.54) is 6.42 Å². The molecule has 0 radical (unpaired) electrons. The predicted octanol–water partition coefficient (Wildman–Crippen LogP) is 0.620. The van der Waals surface area contributed by atoms with Crippen LogP contribution >= 0.6 is 0 Å². The highest BCUT2D eigenvalue weighted by Crippen LogP contribution is 1.95. The standard InChI is InChI=1S/C11H25N3O/c1-3-4-5-9-14-11(15)10(12)7-6-8-13-2/h10,13H,3-9,12H2,1-2H3,(H,14,15). The first kappa shape index (κ1) is 14.4. The van der Waals surface area contributed by atoms with Crippen LogP contribution in [0.3, 0.4) is 0 Å². The number of rotatable bonds is 9. The normalized spacial score (nSPS) is 12.5. The molecule has 1 atom stereocenters. The first-order valence-corrected chi connectivity index (χ1v) is 5.90. The van der Waals surface area contributed by atoms with Crippen LogP contribution in [0.1, 0.15) is 39.0 Å². The summed E-state index contributed by atoms with van der Waals surface area (Å²) in [7, 11) is 1.90. The number of carbonyl (C=O) groups is 1. The van der Waals surface area contributed by atoms with E-state index < -0.39 is 0 Å². The minimum atomic E-state index is -0.347. The predicted molar refractivity (Wildman–Crippen MR) is 63.7 cm³/mol. The summed E-state index contributed by atoms with van der Waals surface area (Å²) in [5.74, 6) is -0.0118. The van der Waals surface area contributed by atoms with Crippen molar-refractivity contribution in [3.63, 3.8) is 0 Å². The second-order valence-corrected chi connectivity index (χ2v) is 3.85. The number of amides is 1. The van der Waals surface area contributed by atoms with Gasteiger partial charge in [0.15, 0.2) is 0 Å². The molecule has 0 fully saturated rings. The Bertz CT molecular complexity index is 162. The maximum absolute atomic E-state index is 11.4. The zero-order valence-electron chi connectivity index (χ0n) is 10.0. The number of unbranched alkanes of at least 4 members (excludes halogenated alkanes) is 2. The number of hydrogen-bond acceptors (Lipinski definition) is 3. The molecule has 0 aromatic heterocycles. The molecule has 15 heavy (non-hydrogen) atoms. The molecule has 0 rings (SSSR count). The average Bonchev–Trinajstić information content (AvgIpc) is 2.24. The zero-order valence-corrected chi connectivity index (χ0v) is 10.0. The van der Waals surface area contributed by atoms with E-state index in [0.29, 0.717) is 0 Å². The fourth-order valence-electron chi connectivity index (χ4n) is 1.35. The molecule has 0 aliphatic rings. The Morgan fingerprint density at radius 3 is 2.60 bits per heavy atom. The van der Waals surface area contributed by atoms with Crippen molar-refractivity contribution in [1.82, 2.24) is 10.6 Å². The van der Waals surface area contributed by atoms with Gasteiger partial charge in [0, 0.05) is 6.54 Å². The van der Waals surface area contributed by atoms with E-state index in [-0.39, 0.29) is 11.9 Å². The topological polar surface area (TPSA) is 67.2 Å². The summed E-state index contributed by atoms with van der Waals surface area (Å²) in [5.41, 5.74) is 5.73. The second kappa shape index (κ2) is 9.93. The highest BCUT2D eigenvalue weighted by molar-refractivity contribution is 5.81. The lowest BCUT2D eigenvalue weighted by atomic mass is 10.1. The smallest absolute Gasteiger partial charge is 0.236 e. The van der Waals surface area contributed by atoms with Crippen molar-refractivity contribution in [2.24, 2.45) is 5.73 Å². The third-order valence-electron chi connectivity index (χ3n) is 2.36. The Balaban J connectivity index is 3.42. The van der Waals surface area contributed by atoms with Gasteiger partial charge in [-0.15, -0.1) is 0 Å². The van der Waals surface area contributed by atoms with Crippen LogP contribution in [-0.2, 0) is 4.79 Å². The highest BCUT2D eigenvalue weighted by atomic mass is 16.2. The summed E-state index contributed by atoms with van der Waals surface area (Å²) in [4.78, 5) is 11.4. The molecule has 1 unspecified atom stereocenters. The Morgan fingerprint density at radius 2 is 2.00 bits per heavy atom. The van der Waals surface area contributed by atoms with Crippen LogP contribution in [0.25, 0.3) is 0 Å². The minimum Gasteiger partial charge on any atom is -0.355 e. The molecule has 4 heteroatoms. The van der Waals surface area contributed by atoms with E-state index in [2.05, 4.69) is 17.6 Å². The van der Waals surface area contributed by atoms with Crippen LogP contribution in [0, 0.1) is 0 Å². The number of hydrogen-bond donors (Lipinski definition) is 3. The van der Waals surface area contributed by atoms with Crippen molar-refractivity contribution >= 4 is 5.91 Å². The maximum Gasteiger partial charge on any atom is 0.236 e. The molecule has 0 aliphatic carbocycles. The van der Waals surface area contributed by atoms with Gasteiger partial charge < -0.3 is 16.4 Å². The molecular formula is C11H25N3O. The molecule has 4 nitrogen and oxygen atoms in total. The fourth-order valence-corrected chi connectivity index (χ4v) is 1.35. The van der Waals surface area contributed by atoms with Gasteiger partial charge in [0.1, 0.15) is 0 Å². The van der Waals surface area contributed by atoms with E-state index in [1.807, 2.05) is 7.05 Å². The lowest BCUT2D eigenvalue weighted by Gasteiger charge is -2.11. The van der Waals surface area contributed by atoms with Gasteiger partial charge in [-0.1, -0.05) is 19.8 Å². The van der Waals surface area contributed by atoms with Gasteiger partial charge in [0.05, 0.1) is 6.04 Å². The summed E-state index contributed by atoms with van der Waals surface area (Å²) in [6, 6.07) is -0.347. The SMILES string of the molecule is CCCCCNC(=O)C(N)CCCNC. The van der Waals surface area contributed by atoms with Crippen LogP contribution in [0.15, 0.2) is 0 Å². The van der Waals surface area contributed by atoms with E-state index >= 15 is 0 Å². The molecule has 1 amide bonds. The first-order chi connectivity index (χ1) is 7.22. The Kier molecular flexibility index (Phi) is 9.52. The van der Waals surface area contributed by atoms with Crippen molar-refractivity contribution in [1.29, 1.82) is 0 Å². The Hall–Kier alpha value is -0.610. The number of nitrogens with two attached hydrogens (primary N) is 1. The van der Waals surface area contributed by atoms with E-state index in [4.69, 9.17) is 5.73 Å². The van der Waals surface area contributed by atoms with Gasteiger partial charge >= 0.3 is 0 Å². The van der Waals surface area contributed by atoms with Gasteiger partial charge in [-0.25, -0.2) is 0 Å². The van der Waals surface area contributed by atoms with Crippen molar-refractivity contribution < 1.29 is 4.79 Å². The molecule has 0 saturated heterocycles. The lowest BCUT2D eigenvalue weighted by molar-refractivity contribution is -0.122. The minimum absolute atomic E-state index is 0.0118. The number of nitrogens with one attached hydrogen (secondary N) is 2. The van der Waals surface area contributed by atoms with Crippen LogP contribution < -0.4 is 16.4 Å². The lowest BCUT2D eigenvalue weighted by Crippen LogP contribution is -2.41. The monoisotopic (exact) mass is 215 g/mol. The van der Waals surface area contributed by atoms with E-state index in [0.717, 1.165) is 38.8 Å². The second-order valence-electron chi connectivity index (χ2n) is 3.85. The van der Waals surface area contributed by atoms with Crippen LogP contribution in [0.5, 0.6) is 0 Å². The third kappa shape index (κ3) is 8.39. The van der Waals surface area contributed by atoms with Gasteiger partial charge in [0.25, 0.3) is 0 Å². The van der Waals surface area contributed by atoms with Crippen LogP contribution in [-0.4, -0.2) is 32.1 Å².